The standard InChI is InChI=1S/C17H18N4O3/c22-16(11-4-6-13(7-5-11)21-9-8-18-19-21)20-10-12-2-1-3-14(12)15(20)17(23)24/h4-9,12,14-15H,1-3,10H2,(H,23,24). The molecule has 0 spiro atoms. The smallest absolute Gasteiger partial charge is 0.326 e. The molecule has 2 aromatic rings. The molecule has 2 aliphatic rings. The monoisotopic (exact) mass is 326 g/mol. The highest BCUT2D eigenvalue weighted by molar-refractivity contribution is 5.97. The molecule has 4 rings (SSSR count). The minimum atomic E-state index is -0.892. The molecular weight excluding hydrogens is 308 g/mol. The highest BCUT2D eigenvalue weighted by atomic mass is 16.4. The second-order valence-electron chi connectivity index (χ2n) is 6.49. The number of carbonyl (C=O) groups is 2. The first-order valence-electron chi connectivity index (χ1n) is 8.15. The third-order valence-electron chi connectivity index (χ3n) is 5.21. The number of aliphatic carboxylic acids is 1. The molecule has 7 nitrogen and oxygen atoms in total. The van der Waals surface area contributed by atoms with E-state index in [1.165, 1.54) is 0 Å². The first-order valence-corrected chi connectivity index (χ1v) is 8.15. The summed E-state index contributed by atoms with van der Waals surface area (Å²) in [6.45, 7) is 0.547. The van der Waals surface area contributed by atoms with E-state index >= 15 is 0 Å². The van der Waals surface area contributed by atoms with Crippen molar-refractivity contribution < 1.29 is 14.7 Å². The molecule has 3 atom stereocenters. The van der Waals surface area contributed by atoms with Gasteiger partial charge < -0.3 is 10.0 Å². The van der Waals surface area contributed by atoms with Crippen LogP contribution in [0.3, 0.4) is 0 Å². The van der Waals surface area contributed by atoms with Gasteiger partial charge in [0.2, 0.25) is 0 Å². The largest absolute Gasteiger partial charge is 0.480 e. The molecule has 2 heterocycles. The van der Waals surface area contributed by atoms with Gasteiger partial charge in [0.1, 0.15) is 6.04 Å². The predicted molar refractivity (Wildman–Crippen MR) is 84.7 cm³/mol. The Bertz CT molecular complexity index is 757. The second-order valence-corrected chi connectivity index (χ2v) is 6.49. The molecule has 124 valence electrons. The average molecular weight is 326 g/mol. The van der Waals surface area contributed by atoms with Crippen LogP contribution >= 0.6 is 0 Å². The third kappa shape index (κ3) is 2.36. The number of amides is 1. The normalized spacial score (nSPS) is 25.7. The topological polar surface area (TPSA) is 88.3 Å². The van der Waals surface area contributed by atoms with E-state index in [2.05, 4.69) is 10.3 Å². The molecule has 1 aliphatic carbocycles. The van der Waals surface area contributed by atoms with E-state index in [9.17, 15) is 14.7 Å². The van der Waals surface area contributed by atoms with Gasteiger partial charge in [0.15, 0.2) is 0 Å². The number of hydrogen-bond acceptors (Lipinski definition) is 4. The van der Waals surface area contributed by atoms with Crippen molar-refractivity contribution in [2.24, 2.45) is 11.8 Å². The van der Waals surface area contributed by atoms with Crippen LogP contribution in [-0.4, -0.2) is 49.5 Å². The van der Waals surface area contributed by atoms with E-state index in [-0.39, 0.29) is 11.8 Å². The Labute approximate surface area is 138 Å². The molecule has 7 heteroatoms. The Morgan fingerprint density at radius 1 is 1.17 bits per heavy atom. The number of benzene rings is 1. The third-order valence-corrected chi connectivity index (χ3v) is 5.21. The quantitative estimate of drug-likeness (QED) is 0.925. The molecule has 1 aromatic heterocycles. The van der Waals surface area contributed by atoms with Crippen molar-refractivity contribution in [3.05, 3.63) is 42.2 Å². The Hall–Kier alpha value is -2.70. The second kappa shape index (κ2) is 5.74. The van der Waals surface area contributed by atoms with Gasteiger partial charge >= 0.3 is 5.97 Å². The summed E-state index contributed by atoms with van der Waals surface area (Å²) in [7, 11) is 0. The van der Waals surface area contributed by atoms with Crippen LogP contribution in [0.5, 0.6) is 0 Å². The Balaban J connectivity index is 1.58. The van der Waals surface area contributed by atoms with Crippen LogP contribution < -0.4 is 0 Å². The fourth-order valence-corrected chi connectivity index (χ4v) is 4.10. The molecule has 2 fully saturated rings. The summed E-state index contributed by atoms with van der Waals surface area (Å²) in [4.78, 5) is 26.0. The zero-order valence-corrected chi connectivity index (χ0v) is 13.1. The number of fused-ring (bicyclic) bond motifs is 1. The van der Waals surface area contributed by atoms with Crippen molar-refractivity contribution >= 4 is 11.9 Å². The maximum absolute atomic E-state index is 12.8. The van der Waals surface area contributed by atoms with E-state index in [0.29, 0.717) is 18.0 Å². The zero-order valence-electron chi connectivity index (χ0n) is 13.1. The summed E-state index contributed by atoms with van der Waals surface area (Å²) in [6.07, 6.45) is 6.28. The number of carbonyl (C=O) groups excluding carboxylic acids is 1. The lowest BCUT2D eigenvalue weighted by atomic mass is 9.94. The summed E-state index contributed by atoms with van der Waals surface area (Å²) < 4.78 is 1.61. The summed E-state index contributed by atoms with van der Waals surface area (Å²) in [5.41, 5.74) is 1.31. The number of carboxylic acids is 1. The molecular formula is C17H18N4O3. The van der Waals surface area contributed by atoms with Gasteiger partial charge in [0.25, 0.3) is 5.91 Å². The van der Waals surface area contributed by atoms with Gasteiger partial charge in [-0.1, -0.05) is 11.6 Å². The molecule has 1 aromatic carbocycles. The Morgan fingerprint density at radius 3 is 2.62 bits per heavy atom. The maximum atomic E-state index is 12.8. The molecule has 24 heavy (non-hydrogen) atoms. The Morgan fingerprint density at radius 2 is 1.96 bits per heavy atom. The van der Waals surface area contributed by atoms with Crippen molar-refractivity contribution in [2.45, 2.75) is 25.3 Å². The summed E-state index contributed by atoms with van der Waals surface area (Å²) in [6, 6.07) is 6.31. The van der Waals surface area contributed by atoms with Gasteiger partial charge in [-0.25, -0.2) is 9.48 Å². The van der Waals surface area contributed by atoms with Crippen LogP contribution in [0.15, 0.2) is 36.7 Å². The summed E-state index contributed by atoms with van der Waals surface area (Å²) >= 11 is 0. The van der Waals surface area contributed by atoms with Crippen LogP contribution in [0.1, 0.15) is 29.6 Å². The van der Waals surface area contributed by atoms with Crippen molar-refractivity contribution in [3.8, 4) is 5.69 Å². The Kier molecular flexibility index (Phi) is 3.55. The molecule has 1 aliphatic heterocycles. The molecule has 0 radical (unpaired) electrons. The van der Waals surface area contributed by atoms with Crippen molar-refractivity contribution in [3.63, 3.8) is 0 Å². The minimum Gasteiger partial charge on any atom is -0.480 e. The fourth-order valence-electron chi connectivity index (χ4n) is 4.10. The van der Waals surface area contributed by atoms with E-state index in [0.717, 1.165) is 24.9 Å². The minimum absolute atomic E-state index is 0.0980. The van der Waals surface area contributed by atoms with Gasteiger partial charge in [-0.2, -0.15) is 0 Å². The van der Waals surface area contributed by atoms with Gasteiger partial charge in [-0.15, -0.1) is 5.10 Å². The van der Waals surface area contributed by atoms with Gasteiger partial charge in [0.05, 0.1) is 18.1 Å². The van der Waals surface area contributed by atoms with Gasteiger partial charge in [-0.3, -0.25) is 4.79 Å². The zero-order chi connectivity index (χ0) is 16.7. The molecule has 1 N–H and O–H groups in total. The highest BCUT2D eigenvalue weighted by Gasteiger charge is 2.49. The van der Waals surface area contributed by atoms with Crippen LogP contribution in [0, 0.1) is 11.8 Å². The average Bonchev–Trinajstić information content (AvgIpc) is 3.30. The SMILES string of the molecule is O=C(O)C1C2CCCC2CN1C(=O)c1ccc(-n2ccnn2)cc1. The number of aromatic nitrogens is 3. The van der Waals surface area contributed by atoms with E-state index in [1.54, 1.807) is 46.2 Å². The van der Waals surface area contributed by atoms with Crippen molar-refractivity contribution in [1.29, 1.82) is 0 Å². The van der Waals surface area contributed by atoms with E-state index in [4.69, 9.17) is 0 Å². The molecule has 0 bridgehead atoms. The number of nitrogens with zero attached hydrogens (tertiary/aromatic N) is 4. The number of carboxylic acid groups (broad SMARTS) is 1. The molecule has 1 saturated carbocycles. The molecule has 1 saturated heterocycles. The molecule has 3 unspecified atom stereocenters. The van der Waals surface area contributed by atoms with Crippen LogP contribution in [-0.2, 0) is 4.79 Å². The number of rotatable bonds is 3. The lowest BCUT2D eigenvalue weighted by Gasteiger charge is -2.24. The number of hydrogen-bond donors (Lipinski definition) is 1. The lowest BCUT2D eigenvalue weighted by molar-refractivity contribution is -0.142. The first kappa shape index (κ1) is 14.9. The highest BCUT2D eigenvalue weighted by Crippen LogP contribution is 2.42. The first-order chi connectivity index (χ1) is 11.6. The maximum Gasteiger partial charge on any atom is 0.326 e. The van der Waals surface area contributed by atoms with Gasteiger partial charge in [-0.05, 0) is 48.9 Å². The lowest BCUT2D eigenvalue weighted by Crippen LogP contribution is -2.43. The van der Waals surface area contributed by atoms with Crippen LogP contribution in [0.2, 0.25) is 0 Å². The van der Waals surface area contributed by atoms with Crippen LogP contribution in [0.25, 0.3) is 5.69 Å². The fraction of sp³-hybridized carbons (Fsp3) is 0.412. The predicted octanol–water partition coefficient (Wildman–Crippen LogP) is 1.59. The summed E-state index contributed by atoms with van der Waals surface area (Å²) in [5.74, 6) is -0.677. The van der Waals surface area contributed by atoms with Crippen LogP contribution in [0.4, 0.5) is 0 Å². The van der Waals surface area contributed by atoms with Crippen molar-refractivity contribution in [1.82, 2.24) is 19.9 Å². The van der Waals surface area contributed by atoms with Crippen molar-refractivity contribution in [2.75, 3.05) is 6.54 Å². The summed E-state index contributed by atoms with van der Waals surface area (Å²) in [5, 5.41) is 17.2. The van der Waals surface area contributed by atoms with E-state index < -0.39 is 12.0 Å². The number of likely N-dealkylation sites (tertiary alicyclic amines) is 1. The van der Waals surface area contributed by atoms with Gasteiger partial charge in [0, 0.05) is 12.1 Å². The molecule has 1 amide bonds. The van der Waals surface area contributed by atoms with E-state index in [1.807, 2.05) is 0 Å².